The molecule has 0 fully saturated rings. The van der Waals surface area contributed by atoms with Crippen molar-refractivity contribution in [2.75, 3.05) is 47.5 Å². The maximum absolute atomic E-state index is 12.9. The minimum atomic E-state index is -1.63. The van der Waals surface area contributed by atoms with Gasteiger partial charge in [0.15, 0.2) is 12.4 Å². The van der Waals surface area contributed by atoms with Gasteiger partial charge in [0.1, 0.15) is 13.2 Å². The number of hydrogen-bond acceptors (Lipinski definition) is 8. The van der Waals surface area contributed by atoms with Crippen molar-refractivity contribution < 1.29 is 42.9 Å². The summed E-state index contributed by atoms with van der Waals surface area (Å²) in [5.41, 5.74) is 0. The molecule has 2 unspecified atom stereocenters. The molecule has 0 aliphatic heterocycles. The smallest absolute Gasteiger partial charge is 0.306 e. The van der Waals surface area contributed by atoms with Gasteiger partial charge < -0.3 is 33.3 Å². The summed E-state index contributed by atoms with van der Waals surface area (Å²) in [4.78, 5) is 37.5. The summed E-state index contributed by atoms with van der Waals surface area (Å²) in [6, 6.07) is 0. The molecule has 9 nitrogen and oxygen atoms in total. The van der Waals surface area contributed by atoms with Crippen molar-refractivity contribution >= 4 is 17.9 Å². The van der Waals surface area contributed by atoms with Crippen LogP contribution in [-0.2, 0) is 33.3 Å². The van der Waals surface area contributed by atoms with Gasteiger partial charge in [-0.3, -0.25) is 9.59 Å². The van der Waals surface area contributed by atoms with Gasteiger partial charge in [0.2, 0.25) is 0 Å². The predicted molar refractivity (Wildman–Crippen MR) is 361 cm³/mol. The van der Waals surface area contributed by atoms with Gasteiger partial charge in [-0.25, -0.2) is 0 Å². The number of aliphatic carboxylic acids is 1. The molecule has 0 aliphatic rings. The Hall–Kier alpha value is -3.79. The normalized spacial score (nSPS) is 13.3. The van der Waals surface area contributed by atoms with Gasteiger partial charge in [0.05, 0.1) is 40.3 Å². The van der Waals surface area contributed by atoms with E-state index in [-0.39, 0.29) is 38.6 Å². The molecule has 0 saturated heterocycles. The van der Waals surface area contributed by atoms with E-state index >= 15 is 0 Å². The van der Waals surface area contributed by atoms with Crippen LogP contribution in [0.15, 0.2) is 97.2 Å². The molecule has 2 atom stereocenters. The zero-order valence-electron chi connectivity index (χ0n) is 56.0. The van der Waals surface area contributed by atoms with Gasteiger partial charge in [0, 0.05) is 12.8 Å². The second-order valence-electron chi connectivity index (χ2n) is 24.8. The van der Waals surface area contributed by atoms with Crippen molar-refractivity contribution in [3.8, 4) is 0 Å². The Kier molecular flexibility index (Phi) is 63.2. The Balaban J connectivity index is 4.13. The lowest BCUT2D eigenvalue weighted by Crippen LogP contribution is -2.44. The number of unbranched alkanes of at least 4 members (excludes halogenated alkanes) is 34. The summed E-state index contributed by atoms with van der Waals surface area (Å²) in [6.07, 6.45) is 87.8. The van der Waals surface area contributed by atoms with Crippen LogP contribution in [0, 0.1) is 0 Å². The largest absolute Gasteiger partial charge is 0.545 e. The zero-order chi connectivity index (χ0) is 61.9. The van der Waals surface area contributed by atoms with Crippen molar-refractivity contribution in [1.29, 1.82) is 0 Å². The minimum absolute atomic E-state index is 0.140. The summed E-state index contributed by atoms with van der Waals surface area (Å²) in [7, 11) is 5.92. The third kappa shape index (κ3) is 67.6. The number of ether oxygens (including phenoxy) is 4. The number of rotatable bonds is 65. The molecule has 0 aromatic heterocycles. The Bertz CT molecular complexity index is 1720. The molecule has 0 radical (unpaired) electrons. The van der Waals surface area contributed by atoms with E-state index in [9.17, 15) is 19.5 Å². The van der Waals surface area contributed by atoms with Crippen molar-refractivity contribution in [3.05, 3.63) is 97.2 Å². The van der Waals surface area contributed by atoms with Gasteiger partial charge in [-0.2, -0.15) is 0 Å². The summed E-state index contributed by atoms with van der Waals surface area (Å²) in [5.74, 6) is -2.30. The highest BCUT2D eigenvalue weighted by atomic mass is 16.7. The lowest BCUT2D eigenvalue weighted by Gasteiger charge is -2.26. The van der Waals surface area contributed by atoms with Crippen LogP contribution in [-0.4, -0.2) is 82.3 Å². The van der Waals surface area contributed by atoms with E-state index in [4.69, 9.17) is 18.9 Å². The number of quaternary nitrogens is 1. The van der Waals surface area contributed by atoms with Crippen molar-refractivity contribution in [3.63, 3.8) is 0 Å². The Morgan fingerprint density at radius 2 is 0.671 bits per heavy atom. The fourth-order valence-electron chi connectivity index (χ4n) is 9.93. The van der Waals surface area contributed by atoms with Crippen molar-refractivity contribution in [2.24, 2.45) is 0 Å². The summed E-state index contributed by atoms with van der Waals surface area (Å²) >= 11 is 0. The number of carbonyl (C=O) groups excluding carboxylic acids is 3. The average Bonchev–Trinajstić information content (AvgIpc) is 3.48. The highest BCUT2D eigenvalue weighted by Crippen LogP contribution is 2.17. The predicted octanol–water partition coefficient (Wildman–Crippen LogP) is 20.7. The molecule has 0 saturated carbocycles. The van der Waals surface area contributed by atoms with Crippen LogP contribution < -0.4 is 5.11 Å². The van der Waals surface area contributed by atoms with Crippen LogP contribution >= 0.6 is 0 Å². The number of esters is 2. The van der Waals surface area contributed by atoms with E-state index in [1.54, 1.807) is 0 Å². The molecule has 0 aromatic rings. The first-order valence-corrected chi connectivity index (χ1v) is 35.4. The number of carbonyl (C=O) groups is 3. The van der Waals surface area contributed by atoms with Crippen molar-refractivity contribution in [2.45, 2.75) is 322 Å². The van der Waals surface area contributed by atoms with E-state index in [1.165, 1.54) is 180 Å². The van der Waals surface area contributed by atoms with E-state index in [0.29, 0.717) is 17.4 Å². The Morgan fingerprint density at radius 1 is 0.365 bits per heavy atom. The summed E-state index contributed by atoms with van der Waals surface area (Å²) in [5, 5.41) is 11.8. The van der Waals surface area contributed by atoms with E-state index < -0.39 is 24.3 Å². The molecule has 0 amide bonds. The lowest BCUT2D eigenvalue weighted by atomic mass is 10.0. The number of allylic oxidation sites excluding steroid dienone is 16. The molecule has 0 rings (SSSR count). The first-order valence-electron chi connectivity index (χ1n) is 35.4. The first kappa shape index (κ1) is 81.2. The fourth-order valence-corrected chi connectivity index (χ4v) is 9.93. The van der Waals surface area contributed by atoms with Gasteiger partial charge in [0.25, 0.3) is 0 Å². The molecule has 0 heterocycles. The highest BCUT2D eigenvalue weighted by Gasteiger charge is 2.22. The van der Waals surface area contributed by atoms with Crippen LogP contribution in [0.25, 0.3) is 0 Å². The third-order valence-corrected chi connectivity index (χ3v) is 15.3. The first-order chi connectivity index (χ1) is 41.6. The number of carboxylic acid groups (broad SMARTS) is 1. The van der Waals surface area contributed by atoms with Crippen LogP contribution in [0.3, 0.4) is 0 Å². The molecule has 0 N–H and O–H groups in total. The quantitative estimate of drug-likeness (QED) is 0.0195. The van der Waals surface area contributed by atoms with E-state index in [0.717, 1.165) is 96.3 Å². The second kappa shape index (κ2) is 66.2. The molecule has 0 spiro atoms. The van der Waals surface area contributed by atoms with Gasteiger partial charge in [-0.15, -0.1) is 0 Å². The molecule has 9 heteroatoms. The molecular weight excluding hydrogens is 1050 g/mol. The van der Waals surface area contributed by atoms with E-state index in [1.807, 2.05) is 21.1 Å². The maximum Gasteiger partial charge on any atom is 0.306 e. The summed E-state index contributed by atoms with van der Waals surface area (Å²) in [6.45, 7) is 4.64. The van der Waals surface area contributed by atoms with E-state index in [2.05, 4.69) is 111 Å². The molecule has 0 aliphatic carbocycles. The van der Waals surface area contributed by atoms with Crippen LogP contribution in [0.5, 0.6) is 0 Å². The molecular formula is C76H133NO8. The average molecular weight is 1190 g/mol. The Morgan fingerprint density at radius 3 is 1.01 bits per heavy atom. The molecule has 0 bridgehead atoms. The van der Waals surface area contributed by atoms with Crippen LogP contribution in [0.4, 0.5) is 0 Å². The topological polar surface area (TPSA) is 111 Å². The zero-order valence-corrected chi connectivity index (χ0v) is 56.0. The highest BCUT2D eigenvalue weighted by molar-refractivity contribution is 5.70. The fraction of sp³-hybridized carbons (Fsp3) is 0.750. The van der Waals surface area contributed by atoms with Crippen LogP contribution in [0.2, 0.25) is 0 Å². The lowest BCUT2D eigenvalue weighted by molar-refractivity contribution is -0.870. The van der Waals surface area contributed by atoms with Crippen LogP contribution in [0.1, 0.15) is 309 Å². The second-order valence-corrected chi connectivity index (χ2v) is 24.8. The molecule has 85 heavy (non-hydrogen) atoms. The SMILES string of the molecule is CC/C=C\C/C=C\C/C=C\C/C=C\C/C=C\C/C=C\C/C=C\CCCCCCCC(=O)OC(COC(=O)CCCCCCCCCCCCCCCCCCCCCCC/C=C\CCCCCCCCCC)COC(OCC[N+](C)(C)C)C(=O)[O-]. The van der Waals surface area contributed by atoms with Crippen molar-refractivity contribution in [1.82, 2.24) is 0 Å². The summed E-state index contributed by atoms with van der Waals surface area (Å²) < 4.78 is 22.8. The minimum Gasteiger partial charge on any atom is -0.545 e. The Labute approximate surface area is 524 Å². The standard InChI is InChI=1S/C76H133NO8/c1-6-8-10-12-14-16-18-20-22-24-26-28-30-32-34-35-36-37-38-39-41-42-44-46-48-50-52-54-56-58-60-62-64-66-73(78)83-70-72(71-84-76(75(80)81)82-69-68-77(3,4)5)85-74(79)67-65-63-61-59-57-55-53-51-49-47-45-43-40-33-31-29-27-25-23-21-19-17-15-13-11-9-7-2/h9,11,15,17,21,23-24,26-27,29,33,40,45,47,51,53,72,76H,6-8,10,12-14,16,18-20,22,25,28,30-32,34-39,41-44,46,48-50,52,54-71H2,1-5H3/b11-9-,17-15-,23-21-,26-24-,29-27-,40-33-,47-45-,53-51-. The monoisotopic (exact) mass is 1190 g/mol. The molecule has 0 aromatic carbocycles. The number of likely N-dealkylation sites (N-methyl/N-ethyl adjacent to an activating group) is 1. The number of hydrogen-bond donors (Lipinski definition) is 0. The van der Waals surface area contributed by atoms with Gasteiger partial charge >= 0.3 is 11.9 Å². The molecule has 490 valence electrons. The number of carboxylic acids is 1. The van der Waals surface area contributed by atoms with Gasteiger partial charge in [-0.05, 0) is 96.3 Å². The number of nitrogens with zero attached hydrogens (tertiary/aromatic N) is 1. The van der Waals surface area contributed by atoms with Gasteiger partial charge in [-0.1, -0.05) is 297 Å². The maximum atomic E-state index is 12.9. The third-order valence-electron chi connectivity index (χ3n) is 15.3.